The van der Waals surface area contributed by atoms with E-state index in [1.807, 2.05) is 0 Å². The third kappa shape index (κ3) is 3.37. The summed E-state index contributed by atoms with van der Waals surface area (Å²) in [6.45, 7) is 0.739. The topological polar surface area (TPSA) is 106 Å². The molecule has 1 aliphatic heterocycles. The Morgan fingerprint density at radius 3 is 2.71 bits per heavy atom. The molecule has 2 rings (SSSR count). The molecule has 6 nitrogen and oxygen atoms in total. The van der Waals surface area contributed by atoms with Crippen molar-refractivity contribution in [1.29, 1.82) is 0 Å². The Hall–Kier alpha value is -1.15. The first-order valence-corrected chi connectivity index (χ1v) is 8.46. The summed E-state index contributed by atoms with van der Waals surface area (Å²) < 4.78 is 26.5. The van der Waals surface area contributed by atoms with Gasteiger partial charge in [0.05, 0.1) is 10.8 Å². The molecular weight excluding hydrogens is 314 g/mol. The van der Waals surface area contributed by atoms with E-state index in [1.54, 1.807) is 6.07 Å². The molecule has 1 aliphatic rings. The van der Waals surface area contributed by atoms with Crippen LogP contribution in [0.2, 0.25) is 5.02 Å². The van der Waals surface area contributed by atoms with Crippen molar-refractivity contribution in [3.8, 4) is 0 Å². The summed E-state index contributed by atoms with van der Waals surface area (Å²) in [5.74, 6) is -0.904. The van der Waals surface area contributed by atoms with Gasteiger partial charge in [-0.25, -0.2) is 8.42 Å². The number of halogens is 1. The summed E-state index contributed by atoms with van der Waals surface area (Å²) >= 11 is 6.02. The lowest BCUT2D eigenvalue weighted by Crippen LogP contribution is -2.44. The second-order valence-corrected chi connectivity index (χ2v) is 7.41. The van der Waals surface area contributed by atoms with E-state index in [9.17, 15) is 13.2 Å². The quantitative estimate of drug-likeness (QED) is 0.846. The first-order valence-electron chi connectivity index (χ1n) is 6.64. The van der Waals surface area contributed by atoms with Crippen LogP contribution in [0.5, 0.6) is 0 Å². The number of carbonyl (C=O) groups is 1. The first kappa shape index (κ1) is 16.2. The van der Waals surface area contributed by atoms with Crippen LogP contribution in [-0.4, -0.2) is 31.7 Å². The Balaban J connectivity index is 2.29. The second kappa shape index (κ2) is 6.31. The molecule has 1 fully saturated rings. The van der Waals surface area contributed by atoms with Crippen molar-refractivity contribution in [2.24, 2.45) is 17.4 Å². The largest absolute Gasteiger partial charge is 0.369 e. The number of sulfonamides is 1. The van der Waals surface area contributed by atoms with Gasteiger partial charge in [0.2, 0.25) is 15.9 Å². The molecule has 0 aliphatic carbocycles. The summed E-state index contributed by atoms with van der Waals surface area (Å²) in [4.78, 5) is 11.4. The Bertz CT molecular complexity index is 648. The van der Waals surface area contributed by atoms with Gasteiger partial charge >= 0.3 is 0 Å². The fraction of sp³-hybridized carbons (Fsp3) is 0.462. The molecule has 1 aromatic carbocycles. The molecule has 8 heteroatoms. The van der Waals surface area contributed by atoms with Gasteiger partial charge in [-0.05, 0) is 30.5 Å². The van der Waals surface area contributed by atoms with Gasteiger partial charge in [-0.1, -0.05) is 17.7 Å². The smallest absolute Gasteiger partial charge is 0.243 e. The van der Waals surface area contributed by atoms with Crippen LogP contribution in [0.4, 0.5) is 0 Å². The van der Waals surface area contributed by atoms with E-state index in [2.05, 4.69) is 0 Å². The molecule has 0 saturated carbocycles. The highest BCUT2D eigenvalue weighted by atomic mass is 35.5. The van der Waals surface area contributed by atoms with Crippen molar-refractivity contribution in [2.75, 3.05) is 13.1 Å². The maximum absolute atomic E-state index is 12.6. The predicted molar refractivity (Wildman–Crippen MR) is 80.0 cm³/mol. The molecule has 4 N–H and O–H groups in total. The van der Waals surface area contributed by atoms with E-state index < -0.39 is 21.8 Å². The molecular formula is C13H18ClN3O3S. The summed E-state index contributed by atoms with van der Waals surface area (Å²) in [6.07, 6.45) is 1.23. The van der Waals surface area contributed by atoms with E-state index in [4.69, 9.17) is 23.1 Å². The van der Waals surface area contributed by atoms with E-state index in [0.717, 1.165) is 0 Å². The van der Waals surface area contributed by atoms with Crippen molar-refractivity contribution < 1.29 is 13.2 Å². The Labute approximate surface area is 129 Å². The van der Waals surface area contributed by atoms with Crippen LogP contribution in [0.1, 0.15) is 18.4 Å². The third-order valence-corrected chi connectivity index (χ3v) is 5.88. The van der Waals surface area contributed by atoms with Crippen LogP contribution >= 0.6 is 11.6 Å². The minimum absolute atomic E-state index is 0.106. The van der Waals surface area contributed by atoms with Crippen LogP contribution in [0.25, 0.3) is 0 Å². The molecule has 0 bridgehead atoms. The standard InChI is InChI=1S/C13H18ClN3O3S/c14-12-6-11(4-3-9(12)7-15)21(19,20)17-5-1-2-10(8-17)13(16)18/h3-4,6,10H,1-2,5,7-8,15H2,(H2,16,18). The number of benzene rings is 1. The van der Waals surface area contributed by atoms with Gasteiger partial charge in [0.1, 0.15) is 0 Å². The molecule has 1 saturated heterocycles. The van der Waals surface area contributed by atoms with Crippen molar-refractivity contribution in [3.05, 3.63) is 28.8 Å². The number of primary amides is 1. The van der Waals surface area contributed by atoms with Gasteiger partial charge in [-0.15, -0.1) is 0 Å². The van der Waals surface area contributed by atoms with Gasteiger partial charge in [-0.2, -0.15) is 4.31 Å². The highest BCUT2D eigenvalue weighted by Gasteiger charge is 2.32. The lowest BCUT2D eigenvalue weighted by molar-refractivity contribution is -0.122. The number of piperidine rings is 1. The van der Waals surface area contributed by atoms with Crippen LogP contribution in [0.3, 0.4) is 0 Å². The number of amides is 1. The number of hydrogen-bond acceptors (Lipinski definition) is 4. The van der Waals surface area contributed by atoms with Gasteiger partial charge in [-0.3, -0.25) is 4.79 Å². The van der Waals surface area contributed by atoms with E-state index in [0.29, 0.717) is 30.0 Å². The average Bonchev–Trinajstić information content (AvgIpc) is 2.47. The highest BCUT2D eigenvalue weighted by molar-refractivity contribution is 7.89. The predicted octanol–water partition coefficient (Wildman–Crippen LogP) is 0.685. The minimum atomic E-state index is -3.68. The minimum Gasteiger partial charge on any atom is -0.369 e. The number of hydrogen-bond donors (Lipinski definition) is 2. The molecule has 1 atom stereocenters. The number of nitrogens with zero attached hydrogens (tertiary/aromatic N) is 1. The van der Waals surface area contributed by atoms with Crippen molar-refractivity contribution in [3.63, 3.8) is 0 Å². The van der Waals surface area contributed by atoms with Crippen molar-refractivity contribution in [2.45, 2.75) is 24.3 Å². The maximum Gasteiger partial charge on any atom is 0.243 e. The summed E-state index contributed by atoms with van der Waals surface area (Å²) in [5.41, 5.74) is 11.5. The summed E-state index contributed by atoms with van der Waals surface area (Å²) in [7, 11) is -3.68. The van der Waals surface area contributed by atoms with Gasteiger partial charge in [0.15, 0.2) is 0 Å². The molecule has 0 spiro atoms. The molecule has 1 unspecified atom stereocenters. The molecule has 1 aromatic rings. The van der Waals surface area contributed by atoms with Gasteiger partial charge in [0, 0.05) is 24.7 Å². The zero-order valence-electron chi connectivity index (χ0n) is 11.5. The number of rotatable bonds is 4. The normalized spacial score (nSPS) is 20.4. The van der Waals surface area contributed by atoms with Crippen LogP contribution in [0, 0.1) is 5.92 Å². The fourth-order valence-corrected chi connectivity index (χ4v) is 4.27. The first-order chi connectivity index (χ1) is 9.86. The lowest BCUT2D eigenvalue weighted by Gasteiger charge is -2.30. The van der Waals surface area contributed by atoms with Crippen LogP contribution in [-0.2, 0) is 21.4 Å². The number of nitrogens with two attached hydrogens (primary N) is 2. The molecule has 21 heavy (non-hydrogen) atoms. The van der Waals surface area contributed by atoms with Crippen molar-refractivity contribution >= 4 is 27.5 Å². The van der Waals surface area contributed by atoms with Crippen molar-refractivity contribution in [1.82, 2.24) is 4.31 Å². The van der Waals surface area contributed by atoms with Crippen LogP contribution in [0.15, 0.2) is 23.1 Å². The van der Waals surface area contributed by atoms with E-state index in [1.165, 1.54) is 16.4 Å². The Morgan fingerprint density at radius 1 is 1.43 bits per heavy atom. The van der Waals surface area contributed by atoms with E-state index in [-0.39, 0.29) is 18.0 Å². The fourth-order valence-electron chi connectivity index (χ4n) is 2.40. The highest BCUT2D eigenvalue weighted by Crippen LogP contribution is 2.26. The zero-order chi connectivity index (χ0) is 15.6. The Morgan fingerprint density at radius 2 is 2.14 bits per heavy atom. The summed E-state index contributed by atoms with van der Waals surface area (Å²) in [5, 5.41) is 0.321. The Kier molecular flexibility index (Phi) is 4.88. The monoisotopic (exact) mass is 331 g/mol. The molecule has 0 aromatic heterocycles. The second-order valence-electron chi connectivity index (χ2n) is 5.06. The molecule has 1 amide bonds. The van der Waals surface area contributed by atoms with Crippen LogP contribution < -0.4 is 11.5 Å². The lowest BCUT2D eigenvalue weighted by atomic mass is 9.99. The van der Waals surface area contributed by atoms with E-state index >= 15 is 0 Å². The zero-order valence-corrected chi connectivity index (χ0v) is 13.0. The van der Waals surface area contributed by atoms with Gasteiger partial charge in [0.25, 0.3) is 0 Å². The number of carbonyl (C=O) groups excluding carboxylic acids is 1. The third-order valence-electron chi connectivity index (χ3n) is 3.67. The SMILES string of the molecule is NCc1ccc(S(=O)(=O)N2CCCC(C(N)=O)C2)cc1Cl. The maximum atomic E-state index is 12.6. The molecule has 116 valence electrons. The van der Waals surface area contributed by atoms with Gasteiger partial charge < -0.3 is 11.5 Å². The summed E-state index contributed by atoms with van der Waals surface area (Å²) in [6, 6.07) is 4.48. The average molecular weight is 332 g/mol. The molecule has 0 radical (unpaired) electrons. The molecule has 1 heterocycles.